The Hall–Kier alpha value is -2.82. The number of aromatic nitrogens is 2. The van der Waals surface area contributed by atoms with Gasteiger partial charge >= 0.3 is 6.18 Å². The van der Waals surface area contributed by atoms with E-state index in [4.69, 9.17) is 11.6 Å². The maximum absolute atomic E-state index is 13.5. The molecule has 0 saturated carbocycles. The number of aliphatic imine (C=N–C) groups is 1. The molecule has 0 aliphatic carbocycles. The van der Waals surface area contributed by atoms with Crippen molar-refractivity contribution in [3.63, 3.8) is 0 Å². The average molecular weight is 534 g/mol. The molecule has 1 saturated heterocycles. The highest BCUT2D eigenvalue weighted by Gasteiger charge is 2.34. The summed E-state index contributed by atoms with van der Waals surface area (Å²) in [5, 5.41) is 9.27. The van der Waals surface area contributed by atoms with Gasteiger partial charge in [0.25, 0.3) is 5.91 Å². The topological polar surface area (TPSA) is 62.5 Å². The average Bonchev–Trinajstić information content (AvgIpc) is 3.37. The van der Waals surface area contributed by atoms with E-state index < -0.39 is 11.7 Å². The van der Waals surface area contributed by atoms with Crippen molar-refractivity contribution in [2.45, 2.75) is 38.7 Å². The number of nitrogens with one attached hydrogen (secondary N) is 1. The zero-order valence-corrected chi connectivity index (χ0v) is 21.1. The third-order valence-corrected chi connectivity index (χ3v) is 7.38. The molecule has 11 heteroatoms. The molecular weight excluding hydrogens is 511 g/mol. The first-order valence-electron chi connectivity index (χ1n) is 11.4. The molecule has 6 nitrogen and oxygen atoms in total. The van der Waals surface area contributed by atoms with Crippen molar-refractivity contribution in [3.05, 3.63) is 69.2 Å². The van der Waals surface area contributed by atoms with Crippen molar-refractivity contribution >= 4 is 51.4 Å². The van der Waals surface area contributed by atoms with Crippen molar-refractivity contribution in [3.8, 4) is 0 Å². The van der Waals surface area contributed by atoms with Crippen LogP contribution in [0.15, 0.2) is 52.5 Å². The van der Waals surface area contributed by atoms with Gasteiger partial charge < -0.3 is 10.2 Å². The van der Waals surface area contributed by atoms with Crippen LogP contribution in [0.2, 0.25) is 5.02 Å². The molecule has 1 aromatic heterocycles. The van der Waals surface area contributed by atoms with Gasteiger partial charge in [-0.25, -0.2) is 0 Å². The highest BCUT2D eigenvalue weighted by atomic mass is 35.5. The smallest absolute Gasteiger partial charge is 0.348 e. The van der Waals surface area contributed by atoms with Crippen LogP contribution in [-0.4, -0.2) is 50.9 Å². The van der Waals surface area contributed by atoms with E-state index >= 15 is 0 Å². The Labute approximate surface area is 215 Å². The third kappa shape index (κ3) is 5.16. The predicted octanol–water partition coefficient (Wildman–Crippen LogP) is 5.41. The number of alkyl halides is 3. The summed E-state index contributed by atoms with van der Waals surface area (Å²) in [6.07, 6.45) is -1.12. The lowest BCUT2D eigenvalue weighted by Crippen LogP contribution is -2.55. The van der Waals surface area contributed by atoms with Crippen LogP contribution in [-0.2, 0) is 17.5 Å². The second-order valence-corrected chi connectivity index (χ2v) is 10.5. The summed E-state index contributed by atoms with van der Waals surface area (Å²) < 4.78 is 42.0. The van der Waals surface area contributed by atoms with Crippen LogP contribution in [0.4, 0.5) is 13.2 Å². The summed E-state index contributed by atoms with van der Waals surface area (Å²) in [7, 11) is 0. The van der Waals surface area contributed by atoms with Crippen molar-refractivity contribution in [2.24, 2.45) is 4.99 Å². The van der Waals surface area contributed by atoms with Gasteiger partial charge in [0.2, 0.25) is 0 Å². The van der Waals surface area contributed by atoms with Crippen LogP contribution in [0, 0.1) is 0 Å². The number of thioether (sulfide) groups is 1. The molecule has 0 unspecified atom stereocenters. The number of carbonyl (C=O) groups is 1. The maximum Gasteiger partial charge on any atom is 0.416 e. The Morgan fingerprint density at radius 3 is 2.64 bits per heavy atom. The van der Waals surface area contributed by atoms with Crippen molar-refractivity contribution in [1.29, 1.82) is 0 Å². The van der Waals surface area contributed by atoms with Crippen LogP contribution >= 0.6 is 23.4 Å². The van der Waals surface area contributed by atoms with Gasteiger partial charge in [0.1, 0.15) is 0 Å². The van der Waals surface area contributed by atoms with E-state index in [0.717, 1.165) is 30.1 Å². The zero-order valence-electron chi connectivity index (χ0n) is 19.5. The molecule has 2 aromatic carbocycles. The van der Waals surface area contributed by atoms with Crippen molar-refractivity contribution in [2.75, 3.05) is 13.1 Å². The molecule has 5 rings (SSSR count). The van der Waals surface area contributed by atoms with Crippen LogP contribution < -0.4 is 5.32 Å². The number of carbonyl (C=O) groups excluding carboxylic acids is 1. The number of amides is 1. The van der Waals surface area contributed by atoms with Gasteiger partial charge in [-0.05, 0) is 67.1 Å². The molecule has 3 aromatic rings. The van der Waals surface area contributed by atoms with Gasteiger partial charge in [0.05, 0.1) is 28.7 Å². The number of hydrogen-bond donors (Lipinski definition) is 1. The number of benzene rings is 2. The zero-order chi connectivity index (χ0) is 25.6. The summed E-state index contributed by atoms with van der Waals surface area (Å²) in [6, 6.07) is 9.83. The van der Waals surface area contributed by atoms with Gasteiger partial charge in [-0.3, -0.25) is 9.48 Å². The quantitative estimate of drug-likeness (QED) is 0.456. The number of rotatable bonds is 3. The minimum atomic E-state index is -4.52. The Kier molecular flexibility index (Phi) is 6.61. The lowest BCUT2D eigenvalue weighted by Gasteiger charge is -2.36. The molecule has 1 fully saturated rings. The number of halogens is 4. The van der Waals surface area contributed by atoms with Crippen LogP contribution in [0.3, 0.4) is 0 Å². The first-order chi connectivity index (χ1) is 17.1. The molecule has 0 radical (unpaired) electrons. The molecule has 0 spiro atoms. The lowest BCUT2D eigenvalue weighted by molar-refractivity contribution is -0.138. The van der Waals surface area contributed by atoms with E-state index in [2.05, 4.69) is 34.2 Å². The largest absolute Gasteiger partial charge is 0.416 e. The summed E-state index contributed by atoms with van der Waals surface area (Å²) in [4.78, 5) is 19.5. The molecule has 36 heavy (non-hydrogen) atoms. The first-order valence-corrected chi connectivity index (χ1v) is 12.6. The minimum Gasteiger partial charge on any atom is -0.348 e. The molecule has 1 amide bonds. The molecule has 2 aliphatic heterocycles. The molecular formula is C25H23ClF3N5OS. The van der Waals surface area contributed by atoms with Crippen molar-refractivity contribution < 1.29 is 18.0 Å². The molecule has 1 N–H and O–H groups in total. The van der Waals surface area contributed by atoms with E-state index in [1.165, 1.54) is 28.6 Å². The standard InChI is InChI=1S/C25H23ClF3N5OS/c1-14-11-33(12-15(2)31-14)24-32-23(35)22(36-24)8-16-3-6-21-18(7-16)10-30-34(21)13-17-4-5-19(26)9-20(17)25(27,28)29/h3-10,14-15,31H,11-13H2,1-2H3/t14-,15+. The van der Waals surface area contributed by atoms with E-state index in [-0.39, 0.29) is 23.0 Å². The summed E-state index contributed by atoms with van der Waals surface area (Å²) in [5.41, 5.74) is 0.781. The highest BCUT2D eigenvalue weighted by molar-refractivity contribution is 8.18. The van der Waals surface area contributed by atoms with Gasteiger partial charge in [0.15, 0.2) is 5.17 Å². The van der Waals surface area contributed by atoms with E-state index in [0.29, 0.717) is 27.7 Å². The number of hydrogen-bond acceptors (Lipinski definition) is 5. The molecule has 2 aliphatic rings. The van der Waals surface area contributed by atoms with Crippen LogP contribution in [0.1, 0.15) is 30.5 Å². The number of piperazine rings is 1. The van der Waals surface area contributed by atoms with Crippen molar-refractivity contribution in [1.82, 2.24) is 20.0 Å². The predicted molar refractivity (Wildman–Crippen MR) is 137 cm³/mol. The molecule has 0 bridgehead atoms. The summed E-state index contributed by atoms with van der Waals surface area (Å²) >= 11 is 7.16. The minimum absolute atomic E-state index is 0.0292. The van der Waals surface area contributed by atoms with Gasteiger partial charge in [-0.1, -0.05) is 23.7 Å². The Morgan fingerprint density at radius 2 is 1.92 bits per heavy atom. The first kappa shape index (κ1) is 24.9. The number of amidine groups is 1. The summed E-state index contributed by atoms with van der Waals surface area (Å²) in [6.45, 7) is 5.72. The Bertz CT molecular complexity index is 1390. The fraction of sp³-hybridized carbons (Fsp3) is 0.320. The summed E-state index contributed by atoms with van der Waals surface area (Å²) in [5.74, 6) is -0.271. The second-order valence-electron chi connectivity index (χ2n) is 9.10. The Morgan fingerprint density at radius 1 is 1.17 bits per heavy atom. The lowest BCUT2D eigenvalue weighted by atomic mass is 10.1. The second kappa shape index (κ2) is 9.57. The number of nitrogens with zero attached hydrogens (tertiary/aromatic N) is 4. The maximum atomic E-state index is 13.5. The molecule has 3 heterocycles. The highest BCUT2D eigenvalue weighted by Crippen LogP contribution is 2.35. The normalized spacial score (nSPS) is 22.1. The SMILES string of the molecule is C[C@@H]1CN(C2=NC(=O)C(=Cc3ccc4c(cnn4Cc4ccc(Cl)cc4C(F)(F)F)c3)S2)C[C@H](C)N1. The fourth-order valence-corrected chi connectivity index (χ4v) is 5.70. The van der Waals surface area contributed by atoms with Crippen LogP contribution in [0.25, 0.3) is 17.0 Å². The van der Waals surface area contributed by atoms with E-state index in [9.17, 15) is 18.0 Å². The Balaban J connectivity index is 1.36. The van der Waals surface area contributed by atoms with E-state index in [1.54, 1.807) is 18.3 Å². The monoisotopic (exact) mass is 533 g/mol. The third-order valence-electron chi connectivity index (χ3n) is 6.10. The van der Waals surface area contributed by atoms with Gasteiger partial charge in [-0.2, -0.15) is 23.3 Å². The van der Waals surface area contributed by atoms with Gasteiger partial charge in [0, 0.05) is 35.6 Å². The fourth-order valence-electron chi connectivity index (χ4n) is 4.60. The van der Waals surface area contributed by atoms with Crippen LogP contribution in [0.5, 0.6) is 0 Å². The molecule has 188 valence electrons. The molecule has 2 atom stereocenters. The van der Waals surface area contributed by atoms with E-state index in [1.807, 2.05) is 12.1 Å². The van der Waals surface area contributed by atoms with Gasteiger partial charge in [-0.15, -0.1) is 0 Å². The number of fused-ring (bicyclic) bond motifs is 1.